The number of fused-ring (bicyclic) bond motifs is 1. The molecule has 34 heavy (non-hydrogen) atoms. The smallest absolute Gasteiger partial charge is 0.338 e. The standard InChI is InChI=1S/C28H44N2O3S/c1-3-5-6-7-8-9-10-11-12-13-14-15-16-17-18-19-26(31)30-28-29-24-21-20-23(22-25(24)34-28)27(32)33-4-2/h20-22H,3-19H2,1-2H3,(H,29,30,31). The number of hydrogen-bond donors (Lipinski definition) is 1. The van der Waals surface area contributed by atoms with Gasteiger partial charge in [-0.3, -0.25) is 4.79 Å². The second-order valence-corrected chi connectivity index (χ2v) is 10.2. The molecule has 6 heteroatoms. The number of carbonyl (C=O) groups is 2. The number of thiazole rings is 1. The van der Waals surface area contributed by atoms with Crippen LogP contribution < -0.4 is 5.32 Å². The Labute approximate surface area is 210 Å². The van der Waals surface area contributed by atoms with E-state index < -0.39 is 0 Å². The normalized spacial score (nSPS) is 11.1. The van der Waals surface area contributed by atoms with Gasteiger partial charge in [0.25, 0.3) is 0 Å². The molecule has 0 radical (unpaired) electrons. The molecule has 1 N–H and O–H groups in total. The number of anilines is 1. The minimum Gasteiger partial charge on any atom is -0.462 e. The molecule has 2 rings (SSSR count). The van der Waals surface area contributed by atoms with E-state index in [4.69, 9.17) is 4.74 Å². The van der Waals surface area contributed by atoms with Crippen molar-refractivity contribution in [2.75, 3.05) is 11.9 Å². The third-order valence-electron chi connectivity index (χ3n) is 6.15. The largest absolute Gasteiger partial charge is 0.462 e. The molecule has 1 aromatic carbocycles. The minimum absolute atomic E-state index is 0.0133. The number of hydrogen-bond acceptors (Lipinski definition) is 5. The Morgan fingerprint density at radius 2 is 1.38 bits per heavy atom. The number of rotatable bonds is 19. The zero-order valence-electron chi connectivity index (χ0n) is 21.3. The van der Waals surface area contributed by atoms with Crippen molar-refractivity contribution in [2.24, 2.45) is 0 Å². The molecule has 190 valence electrons. The van der Waals surface area contributed by atoms with Crippen LogP contribution in [0.2, 0.25) is 0 Å². The maximum absolute atomic E-state index is 12.3. The average molecular weight is 489 g/mol. The summed E-state index contributed by atoms with van der Waals surface area (Å²) >= 11 is 1.39. The Morgan fingerprint density at radius 3 is 1.94 bits per heavy atom. The molecule has 0 bridgehead atoms. The van der Waals surface area contributed by atoms with Gasteiger partial charge in [-0.05, 0) is 31.5 Å². The summed E-state index contributed by atoms with van der Waals surface area (Å²) < 4.78 is 5.91. The second-order valence-electron chi connectivity index (χ2n) is 9.17. The molecular formula is C28H44N2O3S. The Bertz CT molecular complexity index is 849. The van der Waals surface area contributed by atoms with Crippen LogP contribution in [-0.4, -0.2) is 23.5 Å². The van der Waals surface area contributed by atoms with E-state index in [-0.39, 0.29) is 11.9 Å². The lowest BCUT2D eigenvalue weighted by atomic mass is 10.0. The summed E-state index contributed by atoms with van der Waals surface area (Å²) in [6, 6.07) is 5.28. The van der Waals surface area contributed by atoms with E-state index in [1.54, 1.807) is 25.1 Å². The molecule has 0 unspecified atom stereocenters. The van der Waals surface area contributed by atoms with Gasteiger partial charge in [-0.2, -0.15) is 0 Å². The molecule has 0 aliphatic rings. The average Bonchev–Trinajstić information content (AvgIpc) is 3.23. The van der Waals surface area contributed by atoms with Crippen LogP contribution in [0.4, 0.5) is 5.13 Å². The topological polar surface area (TPSA) is 68.3 Å². The summed E-state index contributed by atoms with van der Waals surface area (Å²) in [7, 11) is 0. The first-order chi connectivity index (χ1) is 16.6. The van der Waals surface area contributed by atoms with Gasteiger partial charge in [-0.15, -0.1) is 0 Å². The third kappa shape index (κ3) is 11.5. The number of ether oxygens (including phenoxy) is 1. The van der Waals surface area contributed by atoms with Crippen LogP contribution in [0.5, 0.6) is 0 Å². The van der Waals surface area contributed by atoms with Gasteiger partial charge in [0.2, 0.25) is 5.91 Å². The fraction of sp³-hybridized carbons (Fsp3) is 0.679. The summed E-state index contributed by atoms with van der Waals surface area (Å²) in [6.45, 7) is 4.41. The predicted molar refractivity (Wildman–Crippen MR) is 144 cm³/mol. The van der Waals surface area contributed by atoms with Crippen molar-refractivity contribution in [3.05, 3.63) is 23.8 Å². The Hall–Kier alpha value is -1.95. The molecule has 5 nitrogen and oxygen atoms in total. The number of benzene rings is 1. The van der Waals surface area contributed by atoms with Gasteiger partial charge in [0, 0.05) is 6.42 Å². The molecule has 1 amide bonds. The van der Waals surface area contributed by atoms with Crippen LogP contribution in [0.1, 0.15) is 127 Å². The van der Waals surface area contributed by atoms with Gasteiger partial charge in [-0.25, -0.2) is 9.78 Å². The monoisotopic (exact) mass is 488 g/mol. The van der Waals surface area contributed by atoms with Crippen molar-refractivity contribution in [3.63, 3.8) is 0 Å². The van der Waals surface area contributed by atoms with E-state index in [1.807, 2.05) is 0 Å². The zero-order valence-corrected chi connectivity index (χ0v) is 22.1. The Morgan fingerprint density at radius 1 is 0.824 bits per heavy atom. The van der Waals surface area contributed by atoms with E-state index in [0.29, 0.717) is 23.7 Å². The maximum atomic E-state index is 12.3. The van der Waals surface area contributed by atoms with E-state index in [9.17, 15) is 9.59 Å². The zero-order chi connectivity index (χ0) is 24.4. The maximum Gasteiger partial charge on any atom is 0.338 e. The lowest BCUT2D eigenvalue weighted by molar-refractivity contribution is -0.116. The predicted octanol–water partition coefficient (Wildman–Crippen LogP) is 8.67. The van der Waals surface area contributed by atoms with Crippen molar-refractivity contribution in [2.45, 2.75) is 117 Å². The fourth-order valence-electron chi connectivity index (χ4n) is 4.16. The molecular weight excluding hydrogens is 444 g/mol. The quantitative estimate of drug-likeness (QED) is 0.159. The van der Waals surface area contributed by atoms with E-state index >= 15 is 0 Å². The van der Waals surface area contributed by atoms with Crippen molar-refractivity contribution in [1.82, 2.24) is 4.98 Å². The van der Waals surface area contributed by atoms with Crippen LogP contribution in [-0.2, 0) is 9.53 Å². The molecule has 1 heterocycles. The first-order valence-corrected chi connectivity index (χ1v) is 14.3. The first-order valence-electron chi connectivity index (χ1n) is 13.5. The third-order valence-corrected chi connectivity index (χ3v) is 7.09. The molecule has 0 aliphatic carbocycles. The minimum atomic E-state index is -0.337. The van der Waals surface area contributed by atoms with Crippen molar-refractivity contribution < 1.29 is 14.3 Å². The number of nitrogens with one attached hydrogen (secondary N) is 1. The number of amides is 1. The van der Waals surface area contributed by atoms with Crippen molar-refractivity contribution >= 4 is 38.6 Å². The number of unbranched alkanes of at least 4 members (excludes halogenated alkanes) is 14. The molecule has 0 spiro atoms. The molecule has 0 saturated heterocycles. The lowest BCUT2D eigenvalue weighted by Gasteiger charge is -2.04. The summed E-state index contributed by atoms with van der Waals surface area (Å²) in [5.41, 5.74) is 1.29. The highest BCUT2D eigenvalue weighted by Crippen LogP contribution is 2.27. The number of esters is 1. The lowest BCUT2D eigenvalue weighted by Crippen LogP contribution is -2.10. The second kappa shape index (κ2) is 17.5. The Balaban J connectivity index is 1.49. The van der Waals surface area contributed by atoms with Crippen molar-refractivity contribution in [3.8, 4) is 0 Å². The highest BCUT2D eigenvalue weighted by atomic mass is 32.1. The first kappa shape index (κ1) is 28.3. The highest BCUT2D eigenvalue weighted by molar-refractivity contribution is 7.22. The molecule has 1 aromatic heterocycles. The summed E-state index contributed by atoms with van der Waals surface area (Å²) in [6.07, 6.45) is 20.3. The van der Waals surface area contributed by atoms with E-state index in [2.05, 4.69) is 17.2 Å². The van der Waals surface area contributed by atoms with Crippen LogP contribution in [0, 0.1) is 0 Å². The number of aromatic nitrogens is 1. The van der Waals surface area contributed by atoms with Crippen LogP contribution in [0.15, 0.2) is 18.2 Å². The summed E-state index contributed by atoms with van der Waals surface area (Å²) in [5, 5.41) is 3.49. The van der Waals surface area contributed by atoms with Gasteiger partial charge < -0.3 is 10.1 Å². The summed E-state index contributed by atoms with van der Waals surface area (Å²) in [5.74, 6) is -0.323. The number of carbonyl (C=O) groups excluding carboxylic acids is 2. The molecule has 0 atom stereocenters. The van der Waals surface area contributed by atoms with Gasteiger partial charge in [0.15, 0.2) is 5.13 Å². The molecule has 2 aromatic rings. The van der Waals surface area contributed by atoms with Crippen molar-refractivity contribution in [1.29, 1.82) is 0 Å². The number of nitrogens with zero attached hydrogens (tertiary/aromatic N) is 1. The van der Waals surface area contributed by atoms with E-state index in [1.165, 1.54) is 94.8 Å². The van der Waals surface area contributed by atoms with E-state index in [0.717, 1.165) is 23.1 Å². The summed E-state index contributed by atoms with van der Waals surface area (Å²) in [4.78, 5) is 28.6. The van der Waals surface area contributed by atoms with Gasteiger partial charge in [0.1, 0.15) is 0 Å². The van der Waals surface area contributed by atoms with Gasteiger partial charge in [-0.1, -0.05) is 108 Å². The molecule has 0 saturated carbocycles. The molecule has 0 aliphatic heterocycles. The van der Waals surface area contributed by atoms with Crippen LogP contribution in [0.3, 0.4) is 0 Å². The van der Waals surface area contributed by atoms with Gasteiger partial charge >= 0.3 is 5.97 Å². The SMILES string of the molecule is CCCCCCCCCCCCCCCCCC(=O)Nc1nc2ccc(C(=O)OCC)cc2s1. The van der Waals surface area contributed by atoms with Crippen LogP contribution >= 0.6 is 11.3 Å². The van der Waals surface area contributed by atoms with Crippen LogP contribution in [0.25, 0.3) is 10.2 Å². The Kier molecular flexibility index (Phi) is 14.5. The highest BCUT2D eigenvalue weighted by Gasteiger charge is 2.11. The molecule has 0 fully saturated rings. The fourth-order valence-corrected chi connectivity index (χ4v) is 5.08. The van der Waals surface area contributed by atoms with Gasteiger partial charge in [0.05, 0.1) is 22.4 Å².